The van der Waals surface area contributed by atoms with Crippen LogP contribution in [0.3, 0.4) is 0 Å². The van der Waals surface area contributed by atoms with E-state index in [1.54, 1.807) is 18.2 Å². The Kier molecular flexibility index (Phi) is 4.06. The van der Waals surface area contributed by atoms with Gasteiger partial charge in [-0.15, -0.1) is 0 Å². The smallest absolute Gasteiger partial charge is 0.166 e. The van der Waals surface area contributed by atoms with Gasteiger partial charge in [0.1, 0.15) is 0 Å². The first kappa shape index (κ1) is 17.7. The fourth-order valence-corrected chi connectivity index (χ4v) is 4.24. The molecule has 1 aliphatic carbocycles. The Morgan fingerprint density at radius 3 is 1.79 bits per heavy atom. The standard InChI is InChI=1S/C26H17F3/c27-26(28,29)25-11-4-3-8-22(25)18-14-12-17(13-15-18)20-9-5-10-23-21-7-2-1-6-19(21)16-24(20)23/h1-15H,16H2. The lowest BCUT2D eigenvalue weighted by molar-refractivity contribution is -0.137. The number of halogens is 3. The van der Waals surface area contributed by atoms with Crippen molar-refractivity contribution in [3.63, 3.8) is 0 Å². The number of alkyl halides is 3. The van der Waals surface area contributed by atoms with Crippen LogP contribution in [-0.4, -0.2) is 0 Å². The minimum atomic E-state index is -4.37. The SMILES string of the molecule is FC(F)(F)c1ccccc1-c1ccc(-c2cccc3c2Cc2ccccc2-3)cc1. The zero-order valence-corrected chi connectivity index (χ0v) is 15.5. The van der Waals surface area contributed by atoms with E-state index in [9.17, 15) is 13.2 Å². The van der Waals surface area contributed by atoms with Gasteiger partial charge in [-0.3, -0.25) is 0 Å². The molecule has 4 aromatic carbocycles. The van der Waals surface area contributed by atoms with Crippen LogP contribution in [0.1, 0.15) is 16.7 Å². The lowest BCUT2D eigenvalue weighted by Crippen LogP contribution is -2.06. The molecule has 0 spiro atoms. The maximum absolute atomic E-state index is 13.4. The Morgan fingerprint density at radius 2 is 1.07 bits per heavy atom. The summed E-state index contributed by atoms with van der Waals surface area (Å²) in [5.41, 5.74) is 7.41. The van der Waals surface area contributed by atoms with E-state index in [2.05, 4.69) is 30.3 Å². The molecule has 0 saturated heterocycles. The molecule has 0 heterocycles. The van der Waals surface area contributed by atoms with E-state index >= 15 is 0 Å². The molecule has 0 radical (unpaired) electrons. The fraction of sp³-hybridized carbons (Fsp3) is 0.0769. The predicted molar refractivity (Wildman–Crippen MR) is 111 cm³/mol. The highest BCUT2D eigenvalue weighted by molar-refractivity contribution is 5.85. The Labute approximate surface area is 167 Å². The molecular formula is C26H17F3. The minimum absolute atomic E-state index is 0.206. The Hall–Kier alpha value is -3.33. The molecule has 0 amide bonds. The molecule has 0 unspecified atom stereocenters. The summed E-state index contributed by atoms with van der Waals surface area (Å²) in [6.07, 6.45) is -3.50. The molecule has 0 aromatic heterocycles. The summed E-state index contributed by atoms with van der Waals surface area (Å²) in [4.78, 5) is 0. The minimum Gasteiger partial charge on any atom is -0.166 e. The molecule has 0 N–H and O–H groups in total. The third kappa shape index (κ3) is 3.03. The van der Waals surface area contributed by atoms with Crippen LogP contribution in [0.25, 0.3) is 33.4 Å². The Balaban J connectivity index is 1.56. The van der Waals surface area contributed by atoms with Crippen molar-refractivity contribution < 1.29 is 13.2 Å². The zero-order chi connectivity index (χ0) is 20.0. The van der Waals surface area contributed by atoms with Crippen LogP contribution in [0.2, 0.25) is 0 Å². The lowest BCUT2D eigenvalue weighted by atomic mass is 9.93. The topological polar surface area (TPSA) is 0 Å². The summed E-state index contributed by atoms with van der Waals surface area (Å²) in [5, 5.41) is 0. The van der Waals surface area contributed by atoms with Crippen molar-refractivity contribution in [2.45, 2.75) is 12.6 Å². The molecule has 0 aliphatic heterocycles. The first-order valence-electron chi connectivity index (χ1n) is 9.49. The average molecular weight is 386 g/mol. The largest absolute Gasteiger partial charge is 0.417 e. The molecule has 0 fully saturated rings. The molecule has 0 nitrogen and oxygen atoms in total. The van der Waals surface area contributed by atoms with E-state index in [-0.39, 0.29) is 5.56 Å². The third-order valence-corrected chi connectivity index (χ3v) is 5.59. The maximum atomic E-state index is 13.4. The molecule has 29 heavy (non-hydrogen) atoms. The highest BCUT2D eigenvalue weighted by atomic mass is 19.4. The second-order valence-electron chi connectivity index (χ2n) is 7.29. The molecule has 1 aliphatic rings. The average Bonchev–Trinajstić information content (AvgIpc) is 3.12. The second kappa shape index (κ2) is 6.63. The van der Waals surface area contributed by atoms with Gasteiger partial charge in [-0.2, -0.15) is 13.2 Å². The summed E-state index contributed by atoms with van der Waals surface area (Å²) in [6, 6.07) is 27.8. The second-order valence-corrected chi connectivity index (χ2v) is 7.29. The van der Waals surface area contributed by atoms with Crippen LogP contribution in [0.5, 0.6) is 0 Å². The number of fused-ring (bicyclic) bond motifs is 3. The Morgan fingerprint density at radius 1 is 0.517 bits per heavy atom. The monoisotopic (exact) mass is 386 g/mol. The first-order chi connectivity index (χ1) is 14.0. The maximum Gasteiger partial charge on any atom is 0.417 e. The van der Waals surface area contributed by atoms with Crippen molar-refractivity contribution in [1.29, 1.82) is 0 Å². The van der Waals surface area contributed by atoms with Gasteiger partial charge in [0.2, 0.25) is 0 Å². The van der Waals surface area contributed by atoms with Crippen LogP contribution in [0.4, 0.5) is 13.2 Å². The van der Waals surface area contributed by atoms with Gasteiger partial charge >= 0.3 is 6.18 Å². The highest BCUT2D eigenvalue weighted by Crippen LogP contribution is 2.42. The summed E-state index contributed by atoms with van der Waals surface area (Å²) < 4.78 is 40.1. The number of rotatable bonds is 2. The molecule has 0 bridgehead atoms. The van der Waals surface area contributed by atoms with Crippen LogP contribution < -0.4 is 0 Å². The van der Waals surface area contributed by atoms with E-state index in [0.29, 0.717) is 5.56 Å². The summed E-state index contributed by atoms with van der Waals surface area (Å²) in [7, 11) is 0. The number of hydrogen-bond donors (Lipinski definition) is 0. The van der Waals surface area contributed by atoms with E-state index < -0.39 is 11.7 Å². The van der Waals surface area contributed by atoms with E-state index in [4.69, 9.17) is 0 Å². The summed E-state index contributed by atoms with van der Waals surface area (Å²) in [5.74, 6) is 0. The quantitative estimate of drug-likeness (QED) is 0.293. The molecule has 5 rings (SSSR count). The van der Waals surface area contributed by atoms with Crippen molar-refractivity contribution in [2.75, 3.05) is 0 Å². The van der Waals surface area contributed by atoms with Crippen LogP contribution in [0.15, 0.2) is 91.0 Å². The number of benzene rings is 4. The highest BCUT2D eigenvalue weighted by Gasteiger charge is 2.33. The molecule has 0 saturated carbocycles. The lowest BCUT2D eigenvalue weighted by Gasteiger charge is -2.14. The van der Waals surface area contributed by atoms with Crippen molar-refractivity contribution in [1.82, 2.24) is 0 Å². The van der Waals surface area contributed by atoms with Gasteiger partial charge in [0, 0.05) is 0 Å². The van der Waals surface area contributed by atoms with Gasteiger partial charge in [-0.1, -0.05) is 84.9 Å². The van der Waals surface area contributed by atoms with Crippen LogP contribution in [0, 0.1) is 0 Å². The van der Waals surface area contributed by atoms with Crippen LogP contribution in [-0.2, 0) is 12.6 Å². The third-order valence-electron chi connectivity index (χ3n) is 5.59. The van der Waals surface area contributed by atoms with Gasteiger partial charge in [-0.05, 0) is 57.0 Å². The first-order valence-corrected chi connectivity index (χ1v) is 9.49. The van der Waals surface area contributed by atoms with E-state index in [1.807, 2.05) is 24.3 Å². The van der Waals surface area contributed by atoms with Gasteiger partial charge in [0.25, 0.3) is 0 Å². The molecule has 4 aromatic rings. The molecular weight excluding hydrogens is 369 g/mol. The van der Waals surface area contributed by atoms with Crippen molar-refractivity contribution in [3.05, 3.63) is 108 Å². The fourth-order valence-electron chi connectivity index (χ4n) is 4.24. The molecule has 0 atom stereocenters. The van der Waals surface area contributed by atoms with Gasteiger partial charge < -0.3 is 0 Å². The Bertz CT molecular complexity index is 1200. The van der Waals surface area contributed by atoms with E-state index in [0.717, 1.165) is 23.6 Å². The number of hydrogen-bond acceptors (Lipinski definition) is 0. The van der Waals surface area contributed by atoms with Crippen molar-refractivity contribution in [3.8, 4) is 33.4 Å². The normalized spacial score (nSPS) is 12.5. The predicted octanol–water partition coefficient (Wildman–Crippen LogP) is 7.61. The van der Waals surface area contributed by atoms with Crippen molar-refractivity contribution in [2.24, 2.45) is 0 Å². The van der Waals surface area contributed by atoms with Gasteiger partial charge in [-0.25, -0.2) is 0 Å². The van der Waals surface area contributed by atoms with Crippen LogP contribution >= 0.6 is 0 Å². The zero-order valence-electron chi connectivity index (χ0n) is 15.5. The summed E-state index contributed by atoms with van der Waals surface area (Å²) >= 11 is 0. The molecule has 3 heteroatoms. The van der Waals surface area contributed by atoms with Crippen molar-refractivity contribution >= 4 is 0 Å². The van der Waals surface area contributed by atoms with E-state index in [1.165, 1.54) is 34.4 Å². The van der Waals surface area contributed by atoms with Gasteiger partial charge in [0.15, 0.2) is 0 Å². The molecule has 142 valence electrons. The summed E-state index contributed by atoms with van der Waals surface area (Å²) in [6.45, 7) is 0. The van der Waals surface area contributed by atoms with Gasteiger partial charge in [0.05, 0.1) is 5.56 Å².